The van der Waals surface area contributed by atoms with Crippen molar-refractivity contribution in [3.05, 3.63) is 27.3 Å². The molecule has 20 heavy (non-hydrogen) atoms. The lowest BCUT2D eigenvalue weighted by atomic mass is 10.1. The van der Waals surface area contributed by atoms with Crippen LogP contribution in [0.1, 0.15) is 23.2 Å². The maximum atomic E-state index is 11.9. The SMILES string of the molecule is O=C1CCC(C(=O)Nc2ccc(I)cc2C(=O)O)=NN1. The number of carboxylic acids is 1. The smallest absolute Gasteiger partial charge is 0.337 e. The second kappa shape index (κ2) is 5.99. The van der Waals surface area contributed by atoms with Crippen LogP contribution in [-0.2, 0) is 9.59 Å². The first kappa shape index (κ1) is 14.4. The first-order valence-corrected chi connectivity index (χ1v) is 6.75. The van der Waals surface area contributed by atoms with Gasteiger partial charge < -0.3 is 10.4 Å². The molecular weight excluding hydrogens is 377 g/mol. The van der Waals surface area contributed by atoms with Gasteiger partial charge in [0.1, 0.15) is 5.71 Å². The molecule has 0 aromatic heterocycles. The number of aromatic carboxylic acids is 1. The van der Waals surface area contributed by atoms with Crippen LogP contribution in [0.2, 0.25) is 0 Å². The van der Waals surface area contributed by atoms with Gasteiger partial charge in [-0.3, -0.25) is 9.59 Å². The number of carbonyl (C=O) groups is 3. The van der Waals surface area contributed by atoms with Gasteiger partial charge in [-0.1, -0.05) is 0 Å². The van der Waals surface area contributed by atoms with Gasteiger partial charge in [0.2, 0.25) is 5.91 Å². The van der Waals surface area contributed by atoms with E-state index in [-0.39, 0.29) is 35.7 Å². The maximum Gasteiger partial charge on any atom is 0.337 e. The molecular formula is C12H10IN3O4. The number of carboxylic acid groups (broad SMARTS) is 1. The summed E-state index contributed by atoms with van der Waals surface area (Å²) in [5.74, 6) is -1.89. The van der Waals surface area contributed by atoms with Crippen LogP contribution in [0.15, 0.2) is 23.3 Å². The molecule has 1 aromatic carbocycles. The van der Waals surface area contributed by atoms with Gasteiger partial charge in [-0.05, 0) is 40.8 Å². The summed E-state index contributed by atoms with van der Waals surface area (Å²) in [5, 5.41) is 15.3. The Morgan fingerprint density at radius 2 is 2.10 bits per heavy atom. The van der Waals surface area contributed by atoms with E-state index < -0.39 is 11.9 Å². The zero-order chi connectivity index (χ0) is 14.7. The van der Waals surface area contributed by atoms with Crippen molar-refractivity contribution in [3.63, 3.8) is 0 Å². The number of benzene rings is 1. The largest absolute Gasteiger partial charge is 0.478 e. The van der Waals surface area contributed by atoms with E-state index in [1.54, 1.807) is 6.07 Å². The van der Waals surface area contributed by atoms with Crippen LogP contribution in [0.4, 0.5) is 5.69 Å². The fraction of sp³-hybridized carbons (Fsp3) is 0.167. The van der Waals surface area contributed by atoms with Gasteiger partial charge in [0.15, 0.2) is 0 Å². The highest BCUT2D eigenvalue weighted by Gasteiger charge is 2.20. The van der Waals surface area contributed by atoms with Crippen LogP contribution in [0, 0.1) is 3.57 Å². The minimum absolute atomic E-state index is 0.00527. The van der Waals surface area contributed by atoms with Crippen molar-refractivity contribution >= 4 is 51.8 Å². The minimum atomic E-state index is -1.13. The van der Waals surface area contributed by atoms with Gasteiger partial charge in [0, 0.05) is 16.4 Å². The Kier molecular flexibility index (Phi) is 4.32. The summed E-state index contributed by atoms with van der Waals surface area (Å²) in [6.07, 6.45) is 0.412. The number of carbonyl (C=O) groups excluding carboxylic acids is 2. The number of nitrogens with one attached hydrogen (secondary N) is 2. The summed E-state index contributed by atoms with van der Waals surface area (Å²) in [5.41, 5.74) is 2.58. The summed E-state index contributed by atoms with van der Waals surface area (Å²) in [7, 11) is 0. The minimum Gasteiger partial charge on any atom is -0.478 e. The number of amides is 2. The molecule has 2 amide bonds. The lowest BCUT2D eigenvalue weighted by Crippen LogP contribution is -2.33. The van der Waals surface area contributed by atoms with Crippen LogP contribution in [-0.4, -0.2) is 28.6 Å². The van der Waals surface area contributed by atoms with E-state index in [2.05, 4.69) is 15.8 Å². The predicted octanol–water partition coefficient (Wildman–Crippen LogP) is 1.19. The Morgan fingerprint density at radius 1 is 1.35 bits per heavy atom. The lowest BCUT2D eigenvalue weighted by Gasteiger charge is -2.13. The van der Waals surface area contributed by atoms with E-state index in [9.17, 15) is 14.4 Å². The van der Waals surface area contributed by atoms with Gasteiger partial charge >= 0.3 is 5.97 Å². The van der Waals surface area contributed by atoms with Crippen molar-refractivity contribution in [3.8, 4) is 0 Å². The monoisotopic (exact) mass is 387 g/mol. The number of anilines is 1. The Morgan fingerprint density at radius 3 is 2.70 bits per heavy atom. The molecule has 0 atom stereocenters. The van der Waals surface area contributed by atoms with Crippen LogP contribution < -0.4 is 10.7 Å². The summed E-state index contributed by atoms with van der Waals surface area (Å²) in [6.45, 7) is 0. The van der Waals surface area contributed by atoms with Crippen molar-refractivity contribution in [2.75, 3.05) is 5.32 Å². The van der Waals surface area contributed by atoms with Crippen LogP contribution in [0.5, 0.6) is 0 Å². The molecule has 0 radical (unpaired) electrons. The Balaban J connectivity index is 2.20. The fourth-order valence-corrected chi connectivity index (χ4v) is 2.13. The molecule has 0 unspecified atom stereocenters. The quantitative estimate of drug-likeness (QED) is 0.678. The van der Waals surface area contributed by atoms with Crippen LogP contribution >= 0.6 is 22.6 Å². The van der Waals surface area contributed by atoms with E-state index in [1.165, 1.54) is 12.1 Å². The van der Waals surface area contributed by atoms with E-state index in [4.69, 9.17) is 5.11 Å². The first-order valence-electron chi connectivity index (χ1n) is 5.67. The topological polar surface area (TPSA) is 108 Å². The third-order valence-electron chi connectivity index (χ3n) is 2.63. The zero-order valence-corrected chi connectivity index (χ0v) is 12.3. The van der Waals surface area contributed by atoms with Crippen molar-refractivity contribution in [1.82, 2.24) is 5.43 Å². The molecule has 0 spiro atoms. The molecule has 1 heterocycles. The second-order valence-corrected chi connectivity index (χ2v) is 5.29. The molecule has 3 N–H and O–H groups in total. The highest BCUT2D eigenvalue weighted by Crippen LogP contribution is 2.19. The van der Waals surface area contributed by atoms with Crippen molar-refractivity contribution in [1.29, 1.82) is 0 Å². The molecule has 0 fully saturated rings. The van der Waals surface area contributed by atoms with E-state index in [0.29, 0.717) is 0 Å². The number of nitrogens with zero attached hydrogens (tertiary/aromatic N) is 1. The third-order valence-corrected chi connectivity index (χ3v) is 3.30. The molecule has 104 valence electrons. The molecule has 7 nitrogen and oxygen atoms in total. The summed E-state index contributed by atoms with van der Waals surface area (Å²) in [6, 6.07) is 4.67. The highest BCUT2D eigenvalue weighted by atomic mass is 127. The highest BCUT2D eigenvalue weighted by molar-refractivity contribution is 14.1. The molecule has 0 bridgehead atoms. The van der Waals surface area contributed by atoms with Gasteiger partial charge in [-0.2, -0.15) is 5.10 Å². The predicted molar refractivity (Wildman–Crippen MR) is 79.6 cm³/mol. The number of hydrazone groups is 1. The van der Waals surface area contributed by atoms with Crippen LogP contribution in [0.3, 0.4) is 0 Å². The fourth-order valence-electron chi connectivity index (χ4n) is 1.63. The van der Waals surface area contributed by atoms with Gasteiger partial charge in [0.25, 0.3) is 5.91 Å². The molecule has 0 saturated carbocycles. The van der Waals surface area contributed by atoms with Crippen LogP contribution in [0.25, 0.3) is 0 Å². The normalized spacial score (nSPS) is 14.2. The summed E-state index contributed by atoms with van der Waals surface area (Å²) in [4.78, 5) is 34.0. The number of halogens is 1. The Labute approximate surface area is 127 Å². The lowest BCUT2D eigenvalue weighted by molar-refractivity contribution is -0.121. The molecule has 0 aliphatic carbocycles. The average Bonchev–Trinajstić information content (AvgIpc) is 2.41. The Bertz CT molecular complexity index is 627. The zero-order valence-electron chi connectivity index (χ0n) is 10.1. The van der Waals surface area contributed by atoms with Crippen molar-refractivity contribution in [2.24, 2.45) is 5.10 Å². The van der Waals surface area contributed by atoms with E-state index in [1.807, 2.05) is 22.6 Å². The first-order chi connectivity index (χ1) is 9.47. The van der Waals surface area contributed by atoms with Crippen molar-refractivity contribution < 1.29 is 19.5 Å². The summed E-state index contributed by atoms with van der Waals surface area (Å²) < 4.78 is 0.750. The van der Waals surface area contributed by atoms with Gasteiger partial charge in [-0.15, -0.1) is 0 Å². The Hall–Kier alpha value is -1.97. The number of hydrogen-bond donors (Lipinski definition) is 3. The van der Waals surface area contributed by atoms with E-state index >= 15 is 0 Å². The second-order valence-electron chi connectivity index (χ2n) is 4.04. The molecule has 0 saturated heterocycles. The maximum absolute atomic E-state index is 11.9. The number of hydrogen-bond acceptors (Lipinski definition) is 4. The summed E-state index contributed by atoms with van der Waals surface area (Å²) >= 11 is 1.99. The molecule has 1 aliphatic heterocycles. The molecule has 8 heteroatoms. The van der Waals surface area contributed by atoms with Gasteiger partial charge in [0.05, 0.1) is 11.3 Å². The van der Waals surface area contributed by atoms with Crippen molar-refractivity contribution in [2.45, 2.75) is 12.8 Å². The van der Waals surface area contributed by atoms with Gasteiger partial charge in [-0.25, -0.2) is 10.2 Å². The van der Waals surface area contributed by atoms with E-state index in [0.717, 1.165) is 3.57 Å². The molecule has 2 rings (SSSR count). The number of rotatable bonds is 3. The average molecular weight is 387 g/mol. The standard InChI is InChI=1S/C12H10IN3O4/c13-6-1-2-8(7(5-6)12(19)20)14-11(18)9-3-4-10(17)16-15-9/h1-2,5H,3-4H2,(H,14,18)(H,16,17)(H,19,20). The third kappa shape index (κ3) is 3.32. The molecule has 1 aliphatic rings. The molecule has 1 aromatic rings.